The number of halogens is 2. The molecule has 1 aliphatic rings. The minimum absolute atomic E-state index is 0.0498. The molecule has 1 fully saturated rings. The minimum Gasteiger partial charge on any atom is -0.396 e. The summed E-state index contributed by atoms with van der Waals surface area (Å²) in [5.41, 5.74) is 15.0. The van der Waals surface area contributed by atoms with E-state index in [2.05, 4.69) is 27.0 Å². The van der Waals surface area contributed by atoms with Gasteiger partial charge in [-0.2, -0.15) is 4.98 Å². The molecule has 0 saturated carbocycles. The van der Waals surface area contributed by atoms with Crippen molar-refractivity contribution in [2.24, 2.45) is 11.5 Å². The molecule has 12 heteroatoms. The Morgan fingerprint density at radius 2 is 2.02 bits per heavy atom. The van der Waals surface area contributed by atoms with Crippen LogP contribution >= 0.6 is 23.4 Å². The van der Waals surface area contributed by atoms with Gasteiger partial charge in [-0.05, 0) is 99.7 Å². The Hall–Kier alpha value is -3.22. The molecule has 2 aromatic heterocycles. The quantitative estimate of drug-likeness (QED) is 0.0849. The summed E-state index contributed by atoms with van der Waals surface area (Å²) in [6.45, 7) is 2.89. The molecule has 0 spiro atoms. The number of aromatic nitrogens is 3. The Bertz CT molecular complexity index is 1710. The fraction of sp³-hybridized carbons (Fsp3) is 0.441. The van der Waals surface area contributed by atoms with E-state index in [9.17, 15) is 9.90 Å². The minimum atomic E-state index is -0.523. The molecule has 4 aromatic rings. The number of likely N-dealkylation sites (tertiary alicyclic amines) is 1. The lowest BCUT2D eigenvalue weighted by Crippen LogP contribution is -2.43. The number of aliphatic hydroxyl groups excluding tert-OH is 1. The fourth-order valence-electron chi connectivity index (χ4n) is 6.49. The van der Waals surface area contributed by atoms with Crippen LogP contribution in [0.1, 0.15) is 69.0 Å². The molecule has 7 N–H and O–H groups in total. The standard InChI is InChI=1S/C34H43ClFN7O2S/c1-21(37)5-2-6-22-17-27(31(36)28(35)18-22)29-19-24-20-43(34(45)41-32(24)40-29)26-11-9-23(10-12-26)30-8-3-7-25(13-16-46-33(38)39)42(30)14-4-15-44/h9-12,17-21,25,30,44H,2-8,13-16,37H2,1H3,(H3,38,39)(H,40,41,45)/t21-,25-,30-/m0/s1. The molecule has 1 aliphatic heterocycles. The van der Waals surface area contributed by atoms with E-state index in [1.54, 1.807) is 24.4 Å². The summed E-state index contributed by atoms with van der Waals surface area (Å²) in [5, 5.41) is 18.0. The van der Waals surface area contributed by atoms with Gasteiger partial charge in [0, 0.05) is 54.2 Å². The van der Waals surface area contributed by atoms with E-state index in [1.807, 2.05) is 19.1 Å². The van der Waals surface area contributed by atoms with Crippen LogP contribution in [0.5, 0.6) is 0 Å². The maximum absolute atomic E-state index is 15.2. The van der Waals surface area contributed by atoms with Gasteiger partial charge in [-0.15, -0.1) is 0 Å². The van der Waals surface area contributed by atoms with E-state index >= 15 is 4.39 Å². The van der Waals surface area contributed by atoms with E-state index in [0.717, 1.165) is 68.4 Å². The number of fused-ring (bicyclic) bond motifs is 1. The predicted molar refractivity (Wildman–Crippen MR) is 186 cm³/mol. The first kappa shape index (κ1) is 34.1. The van der Waals surface area contributed by atoms with Crippen molar-refractivity contribution in [3.05, 3.63) is 81.1 Å². The monoisotopic (exact) mass is 667 g/mol. The Morgan fingerprint density at radius 3 is 2.74 bits per heavy atom. The number of nitrogens with zero attached hydrogens (tertiary/aromatic N) is 3. The van der Waals surface area contributed by atoms with E-state index < -0.39 is 11.5 Å². The highest BCUT2D eigenvalue weighted by Gasteiger charge is 2.31. The molecule has 0 bridgehead atoms. The van der Waals surface area contributed by atoms with Crippen LogP contribution in [0, 0.1) is 11.2 Å². The van der Waals surface area contributed by atoms with Crippen molar-refractivity contribution < 1.29 is 9.50 Å². The van der Waals surface area contributed by atoms with Crippen molar-refractivity contribution >= 4 is 39.6 Å². The number of aryl methyl sites for hydroxylation is 1. The molecule has 46 heavy (non-hydrogen) atoms. The normalized spacial score (nSPS) is 17.8. The molecule has 246 valence electrons. The molecule has 3 atom stereocenters. The number of aromatic amines is 1. The first-order chi connectivity index (χ1) is 22.1. The molecular weight excluding hydrogens is 625 g/mol. The number of piperidine rings is 1. The SMILES string of the molecule is C[C@H](N)CCCc1cc(Cl)c(F)c(-c2cc3cn(-c4ccc([C@@H]5CCC[C@@H](CCSC(=N)N)N5CCCO)cc4)c(=O)nc3[nH]2)c1. The number of hydrogen-bond donors (Lipinski definition) is 5. The van der Waals surface area contributed by atoms with Gasteiger partial charge in [0.25, 0.3) is 0 Å². The average molecular weight is 668 g/mol. The van der Waals surface area contributed by atoms with Crippen molar-refractivity contribution in [2.75, 3.05) is 18.9 Å². The van der Waals surface area contributed by atoms with Gasteiger partial charge in [0.2, 0.25) is 0 Å². The number of hydrogen-bond acceptors (Lipinski definition) is 7. The van der Waals surface area contributed by atoms with E-state index in [4.69, 9.17) is 28.5 Å². The van der Waals surface area contributed by atoms with E-state index in [-0.39, 0.29) is 28.9 Å². The van der Waals surface area contributed by atoms with Gasteiger partial charge >= 0.3 is 5.69 Å². The number of thioether (sulfide) groups is 1. The predicted octanol–water partition coefficient (Wildman–Crippen LogP) is 6.14. The van der Waals surface area contributed by atoms with Crippen LogP contribution in [0.3, 0.4) is 0 Å². The zero-order valence-electron chi connectivity index (χ0n) is 26.1. The van der Waals surface area contributed by atoms with Crippen molar-refractivity contribution in [1.29, 1.82) is 5.41 Å². The highest BCUT2D eigenvalue weighted by Crippen LogP contribution is 2.37. The molecular formula is C34H43ClFN7O2S. The highest BCUT2D eigenvalue weighted by molar-refractivity contribution is 8.13. The summed E-state index contributed by atoms with van der Waals surface area (Å²) < 4.78 is 16.7. The van der Waals surface area contributed by atoms with Crippen LogP contribution in [0.4, 0.5) is 4.39 Å². The Morgan fingerprint density at radius 1 is 1.24 bits per heavy atom. The molecule has 9 nitrogen and oxygen atoms in total. The van der Waals surface area contributed by atoms with Crippen molar-refractivity contribution in [3.63, 3.8) is 0 Å². The van der Waals surface area contributed by atoms with Gasteiger partial charge in [0.15, 0.2) is 11.0 Å². The third kappa shape index (κ3) is 8.19. The summed E-state index contributed by atoms with van der Waals surface area (Å²) in [6.07, 6.45) is 8.98. The van der Waals surface area contributed by atoms with Crippen LogP contribution in [0.2, 0.25) is 5.02 Å². The number of nitrogens with one attached hydrogen (secondary N) is 2. The zero-order valence-corrected chi connectivity index (χ0v) is 27.7. The summed E-state index contributed by atoms with van der Waals surface area (Å²) in [7, 11) is 0. The van der Waals surface area contributed by atoms with E-state index in [1.165, 1.54) is 16.3 Å². The lowest BCUT2D eigenvalue weighted by Gasteiger charge is -2.42. The van der Waals surface area contributed by atoms with Crippen LogP contribution in [0.15, 0.2) is 53.5 Å². The molecule has 0 amide bonds. The topological polar surface area (TPSA) is 150 Å². The van der Waals surface area contributed by atoms with Crippen LogP contribution in [0.25, 0.3) is 28.0 Å². The van der Waals surface area contributed by atoms with Crippen LogP contribution < -0.4 is 17.2 Å². The number of aliphatic hydroxyl groups is 1. The molecule has 0 aliphatic carbocycles. The highest BCUT2D eigenvalue weighted by atomic mass is 35.5. The maximum atomic E-state index is 15.2. The number of benzene rings is 2. The molecule has 5 rings (SSSR count). The lowest BCUT2D eigenvalue weighted by molar-refractivity contribution is 0.0728. The summed E-state index contributed by atoms with van der Waals surface area (Å²) in [6, 6.07) is 13.9. The largest absolute Gasteiger partial charge is 0.396 e. The van der Waals surface area contributed by atoms with Crippen molar-refractivity contribution in [1.82, 2.24) is 19.4 Å². The molecule has 2 aromatic carbocycles. The number of nitrogens with two attached hydrogens (primary N) is 2. The van der Waals surface area contributed by atoms with E-state index in [0.29, 0.717) is 40.4 Å². The van der Waals surface area contributed by atoms with Crippen LogP contribution in [-0.2, 0) is 6.42 Å². The lowest BCUT2D eigenvalue weighted by atomic mass is 9.89. The maximum Gasteiger partial charge on any atom is 0.354 e. The van der Waals surface area contributed by atoms with Gasteiger partial charge in [-0.25, -0.2) is 9.18 Å². The second-order valence-electron chi connectivity index (χ2n) is 12.2. The molecule has 3 heterocycles. The third-order valence-electron chi connectivity index (χ3n) is 8.73. The Labute approximate surface area is 278 Å². The van der Waals surface area contributed by atoms with Gasteiger partial charge in [-0.3, -0.25) is 14.9 Å². The number of rotatable bonds is 13. The Kier molecular flexibility index (Phi) is 11.6. The molecule has 1 saturated heterocycles. The zero-order chi connectivity index (χ0) is 32.8. The smallest absolute Gasteiger partial charge is 0.354 e. The second kappa shape index (κ2) is 15.6. The average Bonchev–Trinajstić information content (AvgIpc) is 3.43. The van der Waals surface area contributed by atoms with Crippen LogP contribution in [-0.4, -0.2) is 60.7 Å². The second-order valence-corrected chi connectivity index (χ2v) is 13.7. The first-order valence-electron chi connectivity index (χ1n) is 15.9. The fourth-order valence-corrected chi connectivity index (χ4v) is 7.34. The third-order valence-corrected chi connectivity index (χ3v) is 9.76. The summed E-state index contributed by atoms with van der Waals surface area (Å²) in [5.74, 6) is 0.269. The Balaban J connectivity index is 1.38. The molecule has 0 unspecified atom stereocenters. The first-order valence-corrected chi connectivity index (χ1v) is 17.3. The van der Waals surface area contributed by atoms with Crippen molar-refractivity contribution in [2.45, 2.75) is 76.4 Å². The van der Waals surface area contributed by atoms with Gasteiger partial charge in [-0.1, -0.05) is 35.5 Å². The van der Waals surface area contributed by atoms with Gasteiger partial charge in [0.1, 0.15) is 5.65 Å². The number of H-pyrrole nitrogens is 1. The van der Waals surface area contributed by atoms with Crippen molar-refractivity contribution in [3.8, 4) is 16.9 Å². The summed E-state index contributed by atoms with van der Waals surface area (Å²) in [4.78, 5) is 23.0. The number of amidine groups is 1. The van der Waals surface area contributed by atoms with Gasteiger partial charge < -0.3 is 21.6 Å². The molecule has 0 radical (unpaired) electrons. The van der Waals surface area contributed by atoms with Gasteiger partial charge in [0.05, 0.1) is 16.4 Å². The summed E-state index contributed by atoms with van der Waals surface area (Å²) >= 11 is 7.64.